The molecule has 0 spiro atoms. The third kappa shape index (κ3) is 4.22. The molecule has 1 aromatic carbocycles. The van der Waals surface area contributed by atoms with Gasteiger partial charge in [0, 0.05) is 16.5 Å². The number of aliphatic hydroxyl groups is 1. The number of carbonyl (C=O) groups excluding carboxylic acids is 1. The number of nitrogens with one attached hydrogen (secondary N) is 1. The maximum Gasteiger partial charge on any atom is 0.237 e. The van der Waals surface area contributed by atoms with Crippen molar-refractivity contribution in [3.63, 3.8) is 0 Å². The molecule has 0 saturated carbocycles. The molecule has 1 amide bonds. The summed E-state index contributed by atoms with van der Waals surface area (Å²) in [5.74, 6) is 0.483. The highest BCUT2D eigenvalue weighted by Crippen LogP contribution is 2.23. The molecular weight excluding hydrogens is 258 g/mol. The number of hydrogen-bond donors (Lipinski definition) is 2. The van der Waals surface area contributed by atoms with Gasteiger partial charge in [0.05, 0.1) is 11.9 Å². The Hall–Kier alpha value is -0.710. The average Bonchev–Trinajstić information content (AvgIpc) is 2.31. The van der Waals surface area contributed by atoms with Gasteiger partial charge in [0.2, 0.25) is 5.91 Å². The number of halogens is 1. The summed E-state index contributed by atoms with van der Waals surface area (Å²) in [5, 5.41) is 12.0. The fraction of sp³-hybridized carbons (Fsp3) is 0.417. The molecule has 1 rings (SSSR count). The van der Waals surface area contributed by atoms with Crippen molar-refractivity contribution in [2.24, 2.45) is 0 Å². The van der Waals surface area contributed by atoms with Crippen molar-refractivity contribution >= 4 is 35.0 Å². The van der Waals surface area contributed by atoms with E-state index in [-0.39, 0.29) is 17.8 Å². The molecule has 0 aliphatic carbocycles. The summed E-state index contributed by atoms with van der Waals surface area (Å²) in [6.45, 7) is 3.76. The molecule has 0 saturated heterocycles. The number of anilines is 1. The Morgan fingerprint density at radius 1 is 1.59 bits per heavy atom. The number of rotatable bonds is 5. The van der Waals surface area contributed by atoms with E-state index in [2.05, 4.69) is 5.32 Å². The summed E-state index contributed by atoms with van der Waals surface area (Å²) >= 11 is 7.39. The molecule has 1 aromatic rings. The van der Waals surface area contributed by atoms with Crippen molar-refractivity contribution in [2.45, 2.75) is 19.1 Å². The van der Waals surface area contributed by atoms with Crippen LogP contribution in [0, 0.1) is 6.92 Å². The minimum Gasteiger partial charge on any atom is -0.396 e. The second kappa shape index (κ2) is 6.89. The van der Waals surface area contributed by atoms with Crippen molar-refractivity contribution in [2.75, 3.05) is 17.7 Å². The monoisotopic (exact) mass is 273 g/mol. The molecule has 0 aliphatic rings. The first-order valence-electron chi connectivity index (χ1n) is 5.34. The average molecular weight is 274 g/mol. The van der Waals surface area contributed by atoms with Crippen molar-refractivity contribution < 1.29 is 9.90 Å². The van der Waals surface area contributed by atoms with E-state index >= 15 is 0 Å². The predicted octanol–water partition coefficient (Wildman–Crippen LogP) is 2.70. The standard InChI is InChI=1S/C12H16ClNO2S/c1-8-10(13)4-3-5-11(8)14-12(16)9(2)17-7-6-15/h3-5,9,15H,6-7H2,1-2H3,(H,14,16). The zero-order valence-electron chi connectivity index (χ0n) is 9.87. The van der Waals surface area contributed by atoms with E-state index in [0.717, 1.165) is 11.3 Å². The van der Waals surface area contributed by atoms with Crippen LogP contribution in [0.4, 0.5) is 5.69 Å². The molecule has 94 valence electrons. The number of thioether (sulfide) groups is 1. The lowest BCUT2D eigenvalue weighted by molar-refractivity contribution is -0.115. The molecule has 3 nitrogen and oxygen atoms in total. The van der Waals surface area contributed by atoms with Gasteiger partial charge in [-0.05, 0) is 31.5 Å². The first kappa shape index (κ1) is 14.4. The van der Waals surface area contributed by atoms with Crippen LogP contribution in [-0.2, 0) is 4.79 Å². The normalized spacial score (nSPS) is 12.2. The Morgan fingerprint density at radius 2 is 2.29 bits per heavy atom. The molecule has 0 aromatic heterocycles. The lowest BCUT2D eigenvalue weighted by Crippen LogP contribution is -2.23. The minimum absolute atomic E-state index is 0.0752. The highest BCUT2D eigenvalue weighted by molar-refractivity contribution is 8.00. The van der Waals surface area contributed by atoms with Gasteiger partial charge in [0.25, 0.3) is 0 Å². The van der Waals surface area contributed by atoms with Crippen LogP contribution in [-0.4, -0.2) is 28.6 Å². The van der Waals surface area contributed by atoms with Crippen LogP contribution in [0.15, 0.2) is 18.2 Å². The summed E-state index contributed by atoms with van der Waals surface area (Å²) in [6, 6.07) is 5.41. The van der Waals surface area contributed by atoms with E-state index in [0.29, 0.717) is 10.8 Å². The van der Waals surface area contributed by atoms with E-state index < -0.39 is 0 Å². The quantitative estimate of drug-likeness (QED) is 0.867. The van der Waals surface area contributed by atoms with Crippen LogP contribution in [0.2, 0.25) is 5.02 Å². The summed E-state index contributed by atoms with van der Waals surface area (Å²) < 4.78 is 0. The molecule has 1 unspecified atom stereocenters. The van der Waals surface area contributed by atoms with Gasteiger partial charge in [0.15, 0.2) is 0 Å². The summed E-state index contributed by atoms with van der Waals surface area (Å²) in [4.78, 5) is 11.8. The molecule has 0 radical (unpaired) electrons. The second-order valence-corrected chi connectivity index (χ2v) is 5.49. The van der Waals surface area contributed by atoms with Crippen LogP contribution in [0.25, 0.3) is 0 Å². The van der Waals surface area contributed by atoms with Crippen LogP contribution < -0.4 is 5.32 Å². The zero-order chi connectivity index (χ0) is 12.8. The summed E-state index contributed by atoms with van der Waals surface area (Å²) in [5.41, 5.74) is 1.60. The van der Waals surface area contributed by atoms with Gasteiger partial charge in [-0.1, -0.05) is 17.7 Å². The highest BCUT2D eigenvalue weighted by atomic mass is 35.5. The SMILES string of the molecule is Cc1c(Cl)cccc1NC(=O)C(C)SCCO. The Labute approximate surface area is 111 Å². The smallest absolute Gasteiger partial charge is 0.237 e. The van der Waals surface area contributed by atoms with Crippen LogP contribution in [0.1, 0.15) is 12.5 Å². The summed E-state index contributed by atoms with van der Waals surface area (Å²) in [6.07, 6.45) is 0. The molecule has 17 heavy (non-hydrogen) atoms. The van der Waals surface area contributed by atoms with Crippen molar-refractivity contribution in [1.82, 2.24) is 0 Å². The van der Waals surface area contributed by atoms with Gasteiger partial charge in [-0.3, -0.25) is 4.79 Å². The van der Waals surface area contributed by atoms with Crippen LogP contribution in [0.3, 0.4) is 0 Å². The van der Waals surface area contributed by atoms with E-state index in [1.165, 1.54) is 11.8 Å². The zero-order valence-corrected chi connectivity index (χ0v) is 11.4. The number of aliphatic hydroxyl groups excluding tert-OH is 1. The van der Waals surface area contributed by atoms with Gasteiger partial charge in [0.1, 0.15) is 0 Å². The topological polar surface area (TPSA) is 49.3 Å². The number of hydrogen-bond acceptors (Lipinski definition) is 3. The van der Waals surface area contributed by atoms with Gasteiger partial charge >= 0.3 is 0 Å². The Balaban J connectivity index is 2.64. The number of benzene rings is 1. The molecule has 0 aliphatic heterocycles. The molecule has 0 bridgehead atoms. The number of carbonyl (C=O) groups is 1. The fourth-order valence-corrected chi connectivity index (χ4v) is 2.13. The van der Waals surface area contributed by atoms with E-state index in [1.54, 1.807) is 12.1 Å². The van der Waals surface area contributed by atoms with Gasteiger partial charge in [-0.15, -0.1) is 11.8 Å². The van der Waals surface area contributed by atoms with Gasteiger partial charge in [-0.25, -0.2) is 0 Å². The van der Waals surface area contributed by atoms with E-state index in [9.17, 15) is 4.79 Å². The van der Waals surface area contributed by atoms with Crippen molar-refractivity contribution in [1.29, 1.82) is 0 Å². The van der Waals surface area contributed by atoms with Crippen LogP contribution in [0.5, 0.6) is 0 Å². The molecule has 1 atom stereocenters. The number of amides is 1. The van der Waals surface area contributed by atoms with Crippen molar-refractivity contribution in [3.05, 3.63) is 28.8 Å². The lowest BCUT2D eigenvalue weighted by Gasteiger charge is -2.13. The molecule has 5 heteroatoms. The Kier molecular flexibility index (Phi) is 5.82. The van der Waals surface area contributed by atoms with Gasteiger partial charge in [-0.2, -0.15) is 0 Å². The Bertz CT molecular complexity index is 398. The summed E-state index contributed by atoms with van der Waals surface area (Å²) in [7, 11) is 0. The fourth-order valence-electron chi connectivity index (χ4n) is 1.28. The lowest BCUT2D eigenvalue weighted by atomic mass is 10.2. The molecular formula is C12H16ClNO2S. The predicted molar refractivity (Wildman–Crippen MR) is 73.8 cm³/mol. The van der Waals surface area contributed by atoms with E-state index in [1.807, 2.05) is 19.9 Å². The maximum atomic E-state index is 11.8. The largest absolute Gasteiger partial charge is 0.396 e. The first-order chi connectivity index (χ1) is 8.06. The van der Waals surface area contributed by atoms with Crippen LogP contribution >= 0.6 is 23.4 Å². The minimum atomic E-state index is -0.194. The maximum absolute atomic E-state index is 11.8. The molecule has 0 fully saturated rings. The first-order valence-corrected chi connectivity index (χ1v) is 6.77. The Morgan fingerprint density at radius 3 is 2.94 bits per heavy atom. The highest BCUT2D eigenvalue weighted by Gasteiger charge is 2.14. The molecule has 0 heterocycles. The molecule has 2 N–H and O–H groups in total. The third-order valence-corrected chi connectivity index (χ3v) is 3.90. The van der Waals surface area contributed by atoms with Gasteiger partial charge < -0.3 is 10.4 Å². The third-order valence-electron chi connectivity index (χ3n) is 2.35. The van der Waals surface area contributed by atoms with Crippen molar-refractivity contribution in [3.8, 4) is 0 Å². The second-order valence-electron chi connectivity index (χ2n) is 3.64. The van der Waals surface area contributed by atoms with E-state index in [4.69, 9.17) is 16.7 Å².